The number of carbonyl (C=O) groups excluding carboxylic acids is 1. The van der Waals surface area contributed by atoms with E-state index in [4.69, 9.17) is 9.47 Å². The summed E-state index contributed by atoms with van der Waals surface area (Å²) in [6, 6.07) is 4.42. The van der Waals surface area contributed by atoms with E-state index in [9.17, 15) is 10.0 Å². The Morgan fingerprint density at radius 1 is 1.50 bits per heavy atom. The third kappa shape index (κ3) is 2.57. The highest BCUT2D eigenvalue weighted by molar-refractivity contribution is 5.92. The van der Waals surface area contributed by atoms with Gasteiger partial charge in [0.2, 0.25) is 11.0 Å². The van der Waals surface area contributed by atoms with Crippen molar-refractivity contribution in [3.05, 3.63) is 29.0 Å². The van der Waals surface area contributed by atoms with Crippen LogP contribution in [0.2, 0.25) is 0 Å². The van der Waals surface area contributed by atoms with Gasteiger partial charge in [0, 0.05) is 17.8 Å². The van der Waals surface area contributed by atoms with Gasteiger partial charge in [-0.15, -0.1) is 0 Å². The van der Waals surface area contributed by atoms with E-state index in [0.29, 0.717) is 18.7 Å². The number of nitrogens with zero attached hydrogens (tertiary/aromatic N) is 2. The van der Waals surface area contributed by atoms with Crippen molar-refractivity contribution >= 4 is 17.0 Å². The zero-order valence-corrected chi connectivity index (χ0v) is 9.79. The molecule has 0 unspecified atom stereocenters. The van der Waals surface area contributed by atoms with Crippen LogP contribution in [0.5, 0.6) is 0 Å². The van der Waals surface area contributed by atoms with E-state index in [1.807, 2.05) is 6.92 Å². The van der Waals surface area contributed by atoms with Gasteiger partial charge in [-0.2, -0.15) is 0 Å². The van der Waals surface area contributed by atoms with Gasteiger partial charge in [0.05, 0.1) is 12.2 Å². The molecule has 0 amide bonds. The number of hydrogen-bond donors (Lipinski definition) is 0. The number of fused-ring (bicyclic) bond motifs is 1. The van der Waals surface area contributed by atoms with Crippen LogP contribution in [0.15, 0.2) is 22.8 Å². The predicted octanol–water partition coefficient (Wildman–Crippen LogP) is 0.655. The number of ether oxygens (including phenoxy) is 2. The van der Waals surface area contributed by atoms with Crippen molar-refractivity contribution < 1.29 is 23.8 Å². The van der Waals surface area contributed by atoms with E-state index >= 15 is 0 Å². The molecule has 0 radical (unpaired) electrons. The average Bonchev–Trinajstić information content (AvgIpc) is 2.76. The molecule has 1 aromatic carbocycles. The first kappa shape index (κ1) is 12.3. The molecular formula is C11H12N2O5. The maximum absolute atomic E-state index is 11.6. The van der Waals surface area contributed by atoms with Gasteiger partial charge < -0.3 is 14.7 Å². The Morgan fingerprint density at radius 2 is 2.33 bits per heavy atom. The van der Waals surface area contributed by atoms with Crippen LogP contribution in [-0.2, 0) is 9.47 Å². The molecule has 18 heavy (non-hydrogen) atoms. The summed E-state index contributed by atoms with van der Waals surface area (Å²) < 4.78 is 14.4. The first-order valence-corrected chi connectivity index (χ1v) is 5.46. The van der Waals surface area contributed by atoms with Crippen molar-refractivity contribution in [2.75, 3.05) is 19.8 Å². The van der Waals surface area contributed by atoms with E-state index < -0.39 is 5.97 Å². The lowest BCUT2D eigenvalue weighted by Crippen LogP contribution is -2.22. The van der Waals surface area contributed by atoms with Gasteiger partial charge in [-0.3, -0.25) is 4.63 Å². The number of esters is 1. The minimum atomic E-state index is -0.516. The molecule has 0 spiro atoms. The second-order valence-corrected chi connectivity index (χ2v) is 3.47. The van der Waals surface area contributed by atoms with Crippen molar-refractivity contribution in [3.63, 3.8) is 0 Å². The number of aromatic nitrogens is 2. The van der Waals surface area contributed by atoms with Crippen molar-refractivity contribution in [1.82, 2.24) is 5.16 Å². The molecule has 0 aliphatic carbocycles. The van der Waals surface area contributed by atoms with E-state index in [-0.39, 0.29) is 22.6 Å². The molecule has 0 aliphatic rings. The maximum Gasteiger partial charge on any atom is 0.338 e. The first-order valence-electron chi connectivity index (χ1n) is 5.46. The quantitative estimate of drug-likeness (QED) is 0.441. The highest BCUT2D eigenvalue weighted by atomic mass is 16.8. The Bertz CT molecular complexity index is 551. The Labute approximate surface area is 102 Å². The van der Waals surface area contributed by atoms with E-state index in [1.165, 1.54) is 18.2 Å². The number of hydrogen-bond acceptors (Lipinski definition) is 6. The third-order valence-electron chi connectivity index (χ3n) is 2.29. The molecular weight excluding hydrogens is 240 g/mol. The SMILES string of the molecule is CCOCCOC(=O)c1ccc2no[n+]([O-])c2c1. The molecule has 1 aromatic heterocycles. The normalized spacial score (nSPS) is 10.7. The average molecular weight is 252 g/mol. The van der Waals surface area contributed by atoms with E-state index in [1.54, 1.807) is 0 Å². The third-order valence-corrected chi connectivity index (χ3v) is 2.29. The number of rotatable bonds is 5. The summed E-state index contributed by atoms with van der Waals surface area (Å²) in [5.41, 5.74) is 0.844. The number of benzene rings is 1. The molecule has 0 atom stereocenters. The van der Waals surface area contributed by atoms with Crippen LogP contribution in [0.1, 0.15) is 17.3 Å². The van der Waals surface area contributed by atoms with Crippen molar-refractivity contribution in [1.29, 1.82) is 0 Å². The summed E-state index contributed by atoms with van der Waals surface area (Å²) in [6.45, 7) is 2.94. The molecule has 0 saturated heterocycles. The van der Waals surface area contributed by atoms with Crippen LogP contribution in [-0.4, -0.2) is 30.9 Å². The minimum Gasteiger partial charge on any atom is -0.460 e. The fraction of sp³-hybridized carbons (Fsp3) is 0.364. The van der Waals surface area contributed by atoms with E-state index in [2.05, 4.69) is 9.79 Å². The lowest BCUT2D eigenvalue weighted by molar-refractivity contribution is -0.782. The Kier molecular flexibility index (Phi) is 3.73. The Morgan fingerprint density at radius 3 is 3.11 bits per heavy atom. The van der Waals surface area contributed by atoms with Crippen LogP contribution in [0.4, 0.5) is 0 Å². The summed E-state index contributed by atoms with van der Waals surface area (Å²) in [4.78, 5) is 11.9. The van der Waals surface area contributed by atoms with Crippen LogP contribution in [0.3, 0.4) is 0 Å². The lowest BCUT2D eigenvalue weighted by atomic mass is 10.2. The molecule has 0 fully saturated rings. The Balaban J connectivity index is 2.05. The van der Waals surface area contributed by atoms with E-state index in [0.717, 1.165) is 0 Å². The van der Waals surface area contributed by atoms with Crippen LogP contribution < -0.4 is 4.90 Å². The van der Waals surface area contributed by atoms with Gasteiger partial charge >= 0.3 is 5.97 Å². The van der Waals surface area contributed by atoms with Crippen molar-refractivity contribution in [2.45, 2.75) is 6.92 Å². The fourth-order valence-corrected chi connectivity index (χ4v) is 1.42. The summed E-state index contributed by atoms with van der Waals surface area (Å²) in [6.07, 6.45) is 0. The summed E-state index contributed by atoms with van der Waals surface area (Å²) in [7, 11) is 0. The lowest BCUT2D eigenvalue weighted by Gasteiger charge is -2.04. The molecule has 0 bridgehead atoms. The van der Waals surface area contributed by atoms with Crippen LogP contribution in [0, 0.1) is 5.21 Å². The maximum atomic E-state index is 11.6. The summed E-state index contributed by atoms with van der Waals surface area (Å²) >= 11 is 0. The van der Waals surface area contributed by atoms with Gasteiger partial charge in [0.1, 0.15) is 6.61 Å². The smallest absolute Gasteiger partial charge is 0.338 e. The van der Waals surface area contributed by atoms with Gasteiger partial charge in [0.25, 0.3) is 0 Å². The fourth-order valence-electron chi connectivity index (χ4n) is 1.42. The molecule has 2 aromatic rings. The minimum absolute atomic E-state index is 0.172. The van der Waals surface area contributed by atoms with Gasteiger partial charge in [0.15, 0.2) is 0 Å². The summed E-state index contributed by atoms with van der Waals surface area (Å²) in [5, 5.41) is 14.7. The Hall–Kier alpha value is -2.15. The zero-order valence-electron chi connectivity index (χ0n) is 9.79. The predicted molar refractivity (Wildman–Crippen MR) is 59.7 cm³/mol. The molecule has 7 nitrogen and oxygen atoms in total. The second kappa shape index (κ2) is 5.46. The first-order chi connectivity index (χ1) is 8.72. The second-order valence-electron chi connectivity index (χ2n) is 3.47. The highest BCUT2D eigenvalue weighted by Crippen LogP contribution is 2.11. The molecule has 0 N–H and O–H groups in total. The molecule has 2 rings (SSSR count). The zero-order chi connectivity index (χ0) is 13.0. The topological polar surface area (TPSA) is 88.5 Å². The largest absolute Gasteiger partial charge is 0.460 e. The molecule has 7 heteroatoms. The molecule has 0 aliphatic heterocycles. The van der Waals surface area contributed by atoms with Crippen molar-refractivity contribution in [3.8, 4) is 0 Å². The molecule has 1 heterocycles. The monoisotopic (exact) mass is 252 g/mol. The standard InChI is InChI=1S/C11H12N2O5/c1-2-16-5-6-17-11(14)8-3-4-9-10(7-8)13(15)18-12-9/h3-4,7H,2,5-6H2,1H3. The summed E-state index contributed by atoms with van der Waals surface area (Å²) in [5.74, 6) is -0.516. The van der Waals surface area contributed by atoms with Gasteiger partial charge in [-0.25, -0.2) is 4.79 Å². The van der Waals surface area contributed by atoms with Gasteiger partial charge in [-0.05, 0) is 24.0 Å². The highest BCUT2D eigenvalue weighted by Gasteiger charge is 2.14. The van der Waals surface area contributed by atoms with Crippen LogP contribution in [0.25, 0.3) is 11.0 Å². The molecule has 0 saturated carbocycles. The van der Waals surface area contributed by atoms with Crippen LogP contribution >= 0.6 is 0 Å². The van der Waals surface area contributed by atoms with Gasteiger partial charge in [-0.1, -0.05) is 0 Å². The van der Waals surface area contributed by atoms with Crippen molar-refractivity contribution in [2.24, 2.45) is 0 Å². The number of carbonyl (C=O) groups is 1. The molecule has 96 valence electrons.